The van der Waals surface area contributed by atoms with E-state index < -0.39 is 12.1 Å². The van der Waals surface area contributed by atoms with Gasteiger partial charge in [-0.3, -0.25) is 4.79 Å². The molecule has 154 valence electrons. The fraction of sp³-hybridized carbons (Fsp3) is 0.333. The van der Waals surface area contributed by atoms with Crippen LogP contribution in [0, 0.1) is 5.82 Å². The number of hydrogen-bond acceptors (Lipinski definition) is 4. The molecule has 1 heterocycles. The molecule has 3 rings (SSSR count). The molecule has 0 radical (unpaired) electrons. The van der Waals surface area contributed by atoms with E-state index in [1.54, 1.807) is 36.3 Å². The first-order chi connectivity index (χ1) is 14.0. The first kappa shape index (κ1) is 20.6. The smallest absolute Gasteiger partial charge is 0.321 e. The van der Waals surface area contributed by atoms with Crippen molar-refractivity contribution in [1.82, 2.24) is 10.2 Å². The zero-order valence-electron chi connectivity index (χ0n) is 16.1. The van der Waals surface area contributed by atoms with Crippen molar-refractivity contribution in [2.45, 2.75) is 25.0 Å². The summed E-state index contributed by atoms with van der Waals surface area (Å²) in [6.07, 6.45) is 0.307. The van der Waals surface area contributed by atoms with Gasteiger partial charge in [-0.05, 0) is 61.4 Å². The SMILES string of the molecule is COc1ccc(C(=O)N[C@H]2CN(C(=O)Nc3ccc(F)cc3)CCC[C@H]2O)cc1. The molecule has 8 heteroatoms. The van der Waals surface area contributed by atoms with E-state index in [0.29, 0.717) is 36.4 Å². The van der Waals surface area contributed by atoms with Gasteiger partial charge in [0, 0.05) is 24.3 Å². The first-order valence-electron chi connectivity index (χ1n) is 9.41. The number of benzene rings is 2. The second-order valence-electron chi connectivity index (χ2n) is 6.90. The number of aliphatic hydroxyl groups is 1. The van der Waals surface area contributed by atoms with Crippen LogP contribution in [0.3, 0.4) is 0 Å². The van der Waals surface area contributed by atoms with Crippen LogP contribution < -0.4 is 15.4 Å². The maximum Gasteiger partial charge on any atom is 0.321 e. The fourth-order valence-electron chi connectivity index (χ4n) is 3.20. The Bertz CT molecular complexity index is 842. The number of halogens is 1. The molecular weight excluding hydrogens is 377 g/mol. The van der Waals surface area contributed by atoms with E-state index >= 15 is 0 Å². The van der Waals surface area contributed by atoms with Crippen LogP contribution in [0.2, 0.25) is 0 Å². The van der Waals surface area contributed by atoms with Crippen molar-refractivity contribution in [2.75, 3.05) is 25.5 Å². The Kier molecular flexibility index (Phi) is 6.66. The van der Waals surface area contributed by atoms with Gasteiger partial charge in [0.05, 0.1) is 19.3 Å². The van der Waals surface area contributed by atoms with Crippen LogP contribution in [0.1, 0.15) is 23.2 Å². The number of nitrogens with one attached hydrogen (secondary N) is 2. The highest BCUT2D eigenvalue weighted by molar-refractivity contribution is 5.94. The van der Waals surface area contributed by atoms with Crippen LogP contribution in [0.15, 0.2) is 48.5 Å². The minimum absolute atomic E-state index is 0.163. The number of hydrogen-bond donors (Lipinski definition) is 3. The van der Waals surface area contributed by atoms with E-state index in [0.717, 1.165) is 0 Å². The summed E-state index contributed by atoms with van der Waals surface area (Å²) in [6.45, 7) is 0.606. The summed E-state index contributed by atoms with van der Waals surface area (Å²) in [4.78, 5) is 26.7. The normalized spacial score (nSPS) is 19.2. The summed E-state index contributed by atoms with van der Waals surface area (Å²) in [5.41, 5.74) is 0.907. The first-order valence-corrected chi connectivity index (χ1v) is 9.41. The quantitative estimate of drug-likeness (QED) is 0.735. The van der Waals surface area contributed by atoms with Crippen molar-refractivity contribution in [1.29, 1.82) is 0 Å². The van der Waals surface area contributed by atoms with Crippen molar-refractivity contribution >= 4 is 17.6 Å². The van der Waals surface area contributed by atoms with Crippen molar-refractivity contribution in [3.05, 3.63) is 59.9 Å². The molecule has 29 heavy (non-hydrogen) atoms. The zero-order valence-corrected chi connectivity index (χ0v) is 16.1. The molecular formula is C21H24FN3O4. The van der Waals surface area contributed by atoms with E-state index in [4.69, 9.17) is 4.74 Å². The number of aliphatic hydroxyl groups excluding tert-OH is 1. The number of anilines is 1. The van der Waals surface area contributed by atoms with Gasteiger partial charge >= 0.3 is 6.03 Å². The summed E-state index contributed by atoms with van der Waals surface area (Å²) >= 11 is 0. The van der Waals surface area contributed by atoms with Crippen LogP contribution in [-0.4, -0.2) is 54.3 Å². The lowest BCUT2D eigenvalue weighted by molar-refractivity contribution is 0.0811. The average molecular weight is 401 g/mol. The lowest BCUT2D eigenvalue weighted by atomic mass is 10.1. The second kappa shape index (κ2) is 9.38. The molecule has 2 aromatic carbocycles. The van der Waals surface area contributed by atoms with Gasteiger partial charge in [-0.1, -0.05) is 0 Å². The maximum atomic E-state index is 13.0. The number of carbonyl (C=O) groups is 2. The molecule has 0 unspecified atom stereocenters. The summed E-state index contributed by atoms with van der Waals surface area (Å²) < 4.78 is 18.1. The Balaban J connectivity index is 1.65. The monoisotopic (exact) mass is 401 g/mol. The number of rotatable bonds is 4. The number of amides is 3. The molecule has 3 N–H and O–H groups in total. The van der Waals surface area contributed by atoms with Crippen molar-refractivity contribution in [2.24, 2.45) is 0 Å². The molecule has 1 aliphatic rings. The fourth-order valence-corrected chi connectivity index (χ4v) is 3.20. The van der Waals surface area contributed by atoms with Crippen LogP contribution in [0.25, 0.3) is 0 Å². The Morgan fingerprint density at radius 1 is 1.14 bits per heavy atom. The molecule has 0 spiro atoms. The molecule has 0 aromatic heterocycles. The number of likely N-dealkylation sites (tertiary alicyclic amines) is 1. The minimum atomic E-state index is -0.763. The highest BCUT2D eigenvalue weighted by atomic mass is 19.1. The van der Waals surface area contributed by atoms with E-state index in [1.165, 1.54) is 24.3 Å². The molecule has 2 aromatic rings. The Morgan fingerprint density at radius 3 is 2.48 bits per heavy atom. The van der Waals surface area contributed by atoms with Gasteiger partial charge in [-0.25, -0.2) is 9.18 Å². The molecule has 0 aliphatic carbocycles. The molecule has 1 fully saturated rings. The third-order valence-electron chi connectivity index (χ3n) is 4.86. The number of nitrogens with zero attached hydrogens (tertiary/aromatic N) is 1. The molecule has 3 amide bonds. The van der Waals surface area contributed by atoms with E-state index in [-0.39, 0.29) is 24.3 Å². The third kappa shape index (κ3) is 5.45. The second-order valence-corrected chi connectivity index (χ2v) is 6.90. The summed E-state index contributed by atoms with van der Waals surface area (Å²) in [6, 6.07) is 11.1. The molecule has 0 bridgehead atoms. The summed E-state index contributed by atoms with van der Waals surface area (Å²) in [5.74, 6) is -0.0839. The summed E-state index contributed by atoms with van der Waals surface area (Å²) in [5, 5.41) is 15.9. The molecule has 0 saturated carbocycles. The molecule has 2 atom stereocenters. The van der Waals surface area contributed by atoms with Crippen molar-refractivity contribution in [3.63, 3.8) is 0 Å². The van der Waals surface area contributed by atoms with Crippen molar-refractivity contribution < 1.29 is 23.8 Å². The number of methoxy groups -OCH3 is 1. The van der Waals surface area contributed by atoms with E-state index in [2.05, 4.69) is 10.6 Å². The van der Waals surface area contributed by atoms with Crippen molar-refractivity contribution in [3.8, 4) is 5.75 Å². The van der Waals surface area contributed by atoms with Gasteiger partial charge in [0.1, 0.15) is 11.6 Å². The Morgan fingerprint density at radius 2 is 1.83 bits per heavy atom. The number of urea groups is 1. The van der Waals surface area contributed by atoms with Gasteiger partial charge in [0.2, 0.25) is 0 Å². The topological polar surface area (TPSA) is 90.9 Å². The van der Waals surface area contributed by atoms with Gasteiger partial charge in [0.25, 0.3) is 5.91 Å². The lowest BCUT2D eigenvalue weighted by Gasteiger charge is -2.27. The predicted molar refractivity (Wildman–Crippen MR) is 106 cm³/mol. The van der Waals surface area contributed by atoms with Gasteiger partial charge in [0.15, 0.2) is 0 Å². The Hall–Kier alpha value is -3.13. The van der Waals surface area contributed by atoms with E-state index in [1.807, 2.05) is 0 Å². The zero-order chi connectivity index (χ0) is 20.8. The number of carbonyl (C=O) groups excluding carboxylic acids is 2. The largest absolute Gasteiger partial charge is 0.497 e. The van der Waals surface area contributed by atoms with Crippen LogP contribution in [-0.2, 0) is 0 Å². The highest BCUT2D eigenvalue weighted by Gasteiger charge is 2.29. The van der Waals surface area contributed by atoms with Gasteiger partial charge in [-0.2, -0.15) is 0 Å². The highest BCUT2D eigenvalue weighted by Crippen LogP contribution is 2.16. The van der Waals surface area contributed by atoms with Gasteiger partial charge < -0.3 is 25.4 Å². The predicted octanol–water partition coefficient (Wildman–Crippen LogP) is 2.62. The van der Waals surface area contributed by atoms with Crippen LogP contribution in [0.4, 0.5) is 14.9 Å². The molecule has 7 nitrogen and oxygen atoms in total. The standard InChI is InChI=1S/C21H24FN3O4/c1-29-17-10-4-14(5-11-17)20(27)24-18-13-25(12-2-3-19(18)26)21(28)23-16-8-6-15(22)7-9-16/h4-11,18-19,26H,2-3,12-13H2,1H3,(H,23,28)(H,24,27)/t18-,19+/m0/s1. The maximum absolute atomic E-state index is 13.0. The molecule has 1 aliphatic heterocycles. The third-order valence-corrected chi connectivity index (χ3v) is 4.86. The van der Waals surface area contributed by atoms with Crippen LogP contribution in [0.5, 0.6) is 5.75 Å². The number of ether oxygens (including phenoxy) is 1. The minimum Gasteiger partial charge on any atom is -0.497 e. The average Bonchev–Trinajstić information content (AvgIpc) is 2.91. The lowest BCUT2D eigenvalue weighted by Crippen LogP contribution is -2.50. The summed E-state index contributed by atoms with van der Waals surface area (Å²) in [7, 11) is 1.54. The molecule has 1 saturated heterocycles. The van der Waals surface area contributed by atoms with Gasteiger partial charge in [-0.15, -0.1) is 0 Å². The van der Waals surface area contributed by atoms with Crippen LogP contribution >= 0.6 is 0 Å². The Labute approximate surface area is 168 Å². The van der Waals surface area contributed by atoms with E-state index in [9.17, 15) is 19.1 Å².